The predicted octanol–water partition coefficient (Wildman–Crippen LogP) is 2.99. The van der Waals surface area contributed by atoms with Crippen molar-refractivity contribution < 1.29 is 51.4 Å². The summed E-state index contributed by atoms with van der Waals surface area (Å²) in [7, 11) is 0. The zero-order valence-electron chi connectivity index (χ0n) is 14.1. The van der Waals surface area contributed by atoms with E-state index < -0.39 is 17.9 Å². The van der Waals surface area contributed by atoms with E-state index in [4.69, 9.17) is 29.7 Å². The molecule has 0 spiro atoms. The first kappa shape index (κ1) is 28.7. The van der Waals surface area contributed by atoms with Gasteiger partial charge in [0.15, 0.2) is 0 Å². The molecule has 0 heterocycles. The number of carboxylic acids is 3. The number of hydrogen-bond acceptors (Lipinski definition) is 3. The molecule has 22 heavy (non-hydrogen) atoms. The molecule has 0 radical (unpaired) electrons. The Labute approximate surface area is 146 Å². The smallest absolute Gasteiger partial charge is 0.300 e. The summed E-state index contributed by atoms with van der Waals surface area (Å²) in [5.74, 6) is -1.94. The maximum Gasteiger partial charge on any atom is 0.300 e. The van der Waals surface area contributed by atoms with E-state index in [1.54, 1.807) is 0 Å². The molecule has 0 bridgehead atoms. The fourth-order valence-corrected chi connectivity index (χ4v) is 1.16. The van der Waals surface area contributed by atoms with Gasteiger partial charge in [-0.3, -0.25) is 20.5 Å². The van der Waals surface area contributed by atoms with Crippen LogP contribution in [0.3, 0.4) is 0 Å². The van der Waals surface area contributed by atoms with Gasteiger partial charge in [0.25, 0.3) is 17.9 Å². The third-order valence-electron chi connectivity index (χ3n) is 2.24. The van der Waals surface area contributed by atoms with Crippen LogP contribution >= 0.6 is 0 Å². The molecule has 6 nitrogen and oxygen atoms in total. The van der Waals surface area contributed by atoms with Crippen LogP contribution in [0.4, 0.5) is 0 Å². The van der Waals surface area contributed by atoms with Crippen molar-refractivity contribution in [1.82, 2.24) is 0 Å². The van der Waals surface area contributed by atoms with E-state index in [1.807, 2.05) is 0 Å². The molecular formula is C15H25O6Ti-. The second kappa shape index (κ2) is 16.0. The van der Waals surface area contributed by atoms with Crippen molar-refractivity contribution in [2.24, 2.45) is 5.92 Å². The molecule has 1 atom stereocenters. The van der Waals surface area contributed by atoms with E-state index in [2.05, 4.69) is 33.8 Å². The molecule has 0 aromatic carbocycles. The first-order chi connectivity index (χ1) is 9.32. The predicted molar refractivity (Wildman–Crippen MR) is 79.9 cm³/mol. The molecule has 0 aromatic rings. The van der Waals surface area contributed by atoms with E-state index in [-0.39, 0.29) is 21.7 Å². The van der Waals surface area contributed by atoms with Gasteiger partial charge < -0.3 is 15.3 Å². The first-order valence-electron chi connectivity index (χ1n) is 6.19. The minimum atomic E-state index is -0.833. The van der Waals surface area contributed by atoms with Crippen molar-refractivity contribution in [2.45, 2.75) is 48.5 Å². The van der Waals surface area contributed by atoms with Gasteiger partial charge in [-0.25, -0.2) is 5.57 Å². The monoisotopic (exact) mass is 349 g/mol. The summed E-state index contributed by atoms with van der Waals surface area (Å²) < 4.78 is 0. The van der Waals surface area contributed by atoms with E-state index in [0.29, 0.717) is 5.92 Å². The summed E-state index contributed by atoms with van der Waals surface area (Å²) >= 11 is 0. The van der Waals surface area contributed by atoms with Crippen molar-refractivity contribution in [3.8, 4) is 0 Å². The Bertz CT molecular complexity index is 383. The molecule has 7 heteroatoms. The molecule has 0 saturated carbocycles. The van der Waals surface area contributed by atoms with Crippen molar-refractivity contribution in [3.05, 3.63) is 22.8 Å². The number of carboxylic acid groups (broad SMARTS) is 3. The van der Waals surface area contributed by atoms with Crippen LogP contribution in [0.15, 0.2) is 16.7 Å². The molecule has 0 amide bonds. The molecule has 3 N–H and O–H groups in total. The number of aliphatic carboxylic acids is 3. The standard InChI is InChI=1S/C9H13.3C2H4O2.Ti/c1-6-5-7(2)9(4)8(6)3;3*1-2(3)4;/h6H,1-4H3;3*1H3,(H,3,4);/q-1;;;;. The summed E-state index contributed by atoms with van der Waals surface area (Å²) in [6.07, 6.45) is 3.36. The third-order valence-corrected chi connectivity index (χ3v) is 2.24. The summed E-state index contributed by atoms with van der Waals surface area (Å²) in [5.41, 5.74) is 4.25. The Kier molecular flexibility index (Phi) is 20.9. The fourth-order valence-electron chi connectivity index (χ4n) is 1.16. The Morgan fingerprint density at radius 3 is 1.14 bits per heavy atom. The van der Waals surface area contributed by atoms with Gasteiger partial charge in [0, 0.05) is 42.5 Å². The molecule has 126 valence electrons. The van der Waals surface area contributed by atoms with Crippen LogP contribution in [0.2, 0.25) is 0 Å². The minimum absolute atomic E-state index is 0. The average molecular weight is 349 g/mol. The Morgan fingerprint density at radius 2 is 1.09 bits per heavy atom. The van der Waals surface area contributed by atoms with Crippen LogP contribution in [0, 0.1) is 12.0 Å². The van der Waals surface area contributed by atoms with Crippen LogP contribution in [-0.2, 0) is 36.1 Å². The zero-order chi connectivity index (χ0) is 17.7. The average Bonchev–Trinajstić information content (AvgIpc) is 2.43. The van der Waals surface area contributed by atoms with E-state index >= 15 is 0 Å². The maximum absolute atomic E-state index is 9.00. The summed E-state index contributed by atoms with van der Waals surface area (Å²) in [5, 5.41) is 22.2. The van der Waals surface area contributed by atoms with Gasteiger partial charge in [-0.2, -0.15) is 11.1 Å². The normalized spacial score (nSPS) is 14.5. The third kappa shape index (κ3) is 27.0. The first-order valence-corrected chi connectivity index (χ1v) is 6.19. The van der Waals surface area contributed by atoms with Crippen molar-refractivity contribution in [1.29, 1.82) is 0 Å². The van der Waals surface area contributed by atoms with Gasteiger partial charge in [0.2, 0.25) is 0 Å². The molecule has 0 fully saturated rings. The SMILES string of the molecule is CC(=O)O.CC(=O)O.CC(=O)O.CC1=[C-]C(C)C(C)=C1C.[Ti]. The maximum atomic E-state index is 9.00. The molecule has 0 saturated heterocycles. The molecule has 1 aliphatic rings. The second-order valence-corrected chi connectivity index (χ2v) is 4.36. The topological polar surface area (TPSA) is 112 Å². The number of carbonyl (C=O) groups is 3. The minimum Gasteiger partial charge on any atom is -0.481 e. The summed E-state index contributed by atoms with van der Waals surface area (Å²) in [6.45, 7) is 11.9. The van der Waals surface area contributed by atoms with Gasteiger partial charge in [-0.15, -0.1) is 6.92 Å². The van der Waals surface area contributed by atoms with Gasteiger partial charge in [0.05, 0.1) is 0 Å². The second-order valence-electron chi connectivity index (χ2n) is 4.36. The van der Waals surface area contributed by atoms with E-state index in [1.165, 1.54) is 16.7 Å². The molecule has 0 aliphatic heterocycles. The Morgan fingerprint density at radius 1 is 0.864 bits per heavy atom. The quantitative estimate of drug-likeness (QED) is 0.458. The van der Waals surface area contributed by atoms with Gasteiger partial charge in [-0.1, -0.05) is 26.7 Å². The van der Waals surface area contributed by atoms with Crippen molar-refractivity contribution in [3.63, 3.8) is 0 Å². The Hall–Kier alpha value is -1.40. The van der Waals surface area contributed by atoms with Crippen LogP contribution in [-0.4, -0.2) is 33.2 Å². The molecule has 1 aliphatic carbocycles. The van der Waals surface area contributed by atoms with Crippen LogP contribution in [0.5, 0.6) is 0 Å². The number of hydrogen-bond donors (Lipinski definition) is 3. The molecular weight excluding hydrogens is 324 g/mol. The number of rotatable bonds is 0. The van der Waals surface area contributed by atoms with Crippen LogP contribution in [0.25, 0.3) is 0 Å². The van der Waals surface area contributed by atoms with Crippen molar-refractivity contribution in [2.75, 3.05) is 0 Å². The van der Waals surface area contributed by atoms with Gasteiger partial charge >= 0.3 is 0 Å². The van der Waals surface area contributed by atoms with Gasteiger partial charge in [0.1, 0.15) is 0 Å². The van der Waals surface area contributed by atoms with Crippen LogP contribution in [0.1, 0.15) is 48.5 Å². The molecule has 0 aromatic heterocycles. The van der Waals surface area contributed by atoms with Gasteiger partial charge in [-0.05, 0) is 0 Å². The molecule has 1 unspecified atom stereocenters. The van der Waals surface area contributed by atoms with Crippen molar-refractivity contribution >= 4 is 17.9 Å². The summed E-state index contributed by atoms with van der Waals surface area (Å²) in [6, 6.07) is 0. The summed E-state index contributed by atoms with van der Waals surface area (Å²) in [4.78, 5) is 27.0. The van der Waals surface area contributed by atoms with E-state index in [0.717, 1.165) is 20.8 Å². The zero-order valence-corrected chi connectivity index (χ0v) is 15.7. The van der Waals surface area contributed by atoms with Crippen LogP contribution < -0.4 is 0 Å². The van der Waals surface area contributed by atoms with E-state index in [9.17, 15) is 0 Å². The molecule has 1 rings (SSSR count). The number of allylic oxidation sites excluding steroid dienone is 4. The Balaban J connectivity index is -0.000000107. The largest absolute Gasteiger partial charge is 0.481 e. The fraction of sp³-hybridized carbons (Fsp3) is 0.533.